The van der Waals surface area contributed by atoms with Crippen LogP contribution in [0.1, 0.15) is 59.8 Å². The van der Waals surface area contributed by atoms with E-state index >= 15 is 0 Å². The molecule has 8 unspecified atom stereocenters. The number of carbonyl (C=O) groups excluding carboxylic acids is 2. The van der Waals surface area contributed by atoms with Crippen molar-refractivity contribution in [3.8, 4) is 0 Å². The minimum atomic E-state index is -0.113. The summed E-state index contributed by atoms with van der Waals surface area (Å²) in [7, 11) is 0. The second-order valence-corrected chi connectivity index (χ2v) is 9.70. The number of carbonyl (C=O) groups is 2. The third-order valence-corrected chi connectivity index (χ3v) is 7.34. The van der Waals surface area contributed by atoms with Crippen molar-refractivity contribution in [1.82, 2.24) is 5.32 Å². The molecule has 27 heavy (non-hydrogen) atoms. The number of rotatable bonds is 6. The van der Waals surface area contributed by atoms with Gasteiger partial charge in [0.2, 0.25) is 5.91 Å². The first-order chi connectivity index (χ1) is 12.7. The minimum Gasteiger partial charge on any atom is -0.465 e. The standard InChI is InChI=1S/C21H33NO5/c1-12-10-20(3)16(26-20)8-14(12)18(23)22-6-5-7-25-19(24)15-9-17-21(4,27-17)11-13(15)2/h12-17H,5-11H2,1-4H3,(H,22,23). The normalized spacial score (nSPS) is 47.4. The van der Waals surface area contributed by atoms with E-state index in [4.69, 9.17) is 14.2 Å². The van der Waals surface area contributed by atoms with Crippen LogP contribution in [-0.2, 0) is 23.8 Å². The fourth-order valence-corrected chi connectivity index (χ4v) is 5.41. The molecule has 2 saturated carbocycles. The lowest BCUT2D eigenvalue weighted by Crippen LogP contribution is -2.40. The van der Waals surface area contributed by atoms with Gasteiger partial charge < -0.3 is 19.5 Å². The van der Waals surface area contributed by atoms with Crippen molar-refractivity contribution < 1.29 is 23.8 Å². The zero-order valence-corrected chi connectivity index (χ0v) is 17.0. The van der Waals surface area contributed by atoms with Crippen LogP contribution in [0.15, 0.2) is 0 Å². The van der Waals surface area contributed by atoms with E-state index in [0.29, 0.717) is 31.4 Å². The highest BCUT2D eigenvalue weighted by Crippen LogP contribution is 2.52. The Labute approximate surface area is 161 Å². The Morgan fingerprint density at radius 2 is 1.56 bits per heavy atom. The van der Waals surface area contributed by atoms with Crippen LogP contribution >= 0.6 is 0 Å². The summed E-state index contributed by atoms with van der Waals surface area (Å²) in [6.45, 7) is 9.41. The Bertz CT molecular complexity index is 572. The van der Waals surface area contributed by atoms with Gasteiger partial charge in [-0.05, 0) is 57.8 Å². The van der Waals surface area contributed by atoms with Crippen LogP contribution < -0.4 is 5.32 Å². The number of epoxide rings is 2. The lowest BCUT2D eigenvalue weighted by Gasteiger charge is -2.28. The number of ether oxygens (including phenoxy) is 3. The van der Waals surface area contributed by atoms with Gasteiger partial charge in [-0.15, -0.1) is 0 Å². The van der Waals surface area contributed by atoms with Gasteiger partial charge in [-0.25, -0.2) is 0 Å². The number of hydrogen-bond acceptors (Lipinski definition) is 5. The van der Waals surface area contributed by atoms with E-state index in [1.807, 2.05) is 0 Å². The van der Waals surface area contributed by atoms with Crippen molar-refractivity contribution in [1.29, 1.82) is 0 Å². The van der Waals surface area contributed by atoms with Gasteiger partial charge in [0.05, 0.1) is 35.9 Å². The molecule has 1 amide bonds. The Hall–Kier alpha value is -1.14. The molecule has 8 atom stereocenters. The monoisotopic (exact) mass is 379 g/mol. The Morgan fingerprint density at radius 3 is 2.19 bits per heavy atom. The quantitative estimate of drug-likeness (QED) is 0.436. The highest BCUT2D eigenvalue weighted by molar-refractivity contribution is 5.79. The van der Waals surface area contributed by atoms with Gasteiger partial charge in [0.1, 0.15) is 0 Å². The molecule has 4 fully saturated rings. The highest BCUT2D eigenvalue weighted by atomic mass is 16.6. The minimum absolute atomic E-state index is 0.000319. The maximum absolute atomic E-state index is 12.4. The van der Waals surface area contributed by atoms with Crippen LogP contribution in [0.5, 0.6) is 0 Å². The van der Waals surface area contributed by atoms with Crippen LogP contribution in [0.2, 0.25) is 0 Å². The number of hydrogen-bond donors (Lipinski definition) is 1. The molecule has 4 rings (SSSR count). The maximum atomic E-state index is 12.4. The van der Waals surface area contributed by atoms with Gasteiger partial charge in [0, 0.05) is 12.5 Å². The summed E-state index contributed by atoms with van der Waals surface area (Å²) in [5.41, 5.74) is 0.0171. The molecule has 1 N–H and O–H groups in total. The lowest BCUT2D eigenvalue weighted by atomic mass is 9.75. The molecule has 0 aromatic heterocycles. The lowest BCUT2D eigenvalue weighted by molar-refractivity contribution is -0.151. The Balaban J connectivity index is 1.13. The number of esters is 1. The Kier molecular flexibility index (Phi) is 4.78. The zero-order valence-electron chi connectivity index (χ0n) is 17.0. The molecule has 0 aromatic rings. The molecule has 2 heterocycles. The maximum Gasteiger partial charge on any atom is 0.309 e. The van der Waals surface area contributed by atoms with Crippen molar-refractivity contribution in [2.24, 2.45) is 23.7 Å². The van der Waals surface area contributed by atoms with E-state index in [1.165, 1.54) is 0 Å². The first kappa shape index (κ1) is 19.2. The molecule has 0 bridgehead atoms. The van der Waals surface area contributed by atoms with Crippen LogP contribution in [0, 0.1) is 23.7 Å². The summed E-state index contributed by atoms with van der Waals surface area (Å²) < 4.78 is 16.9. The van der Waals surface area contributed by atoms with Crippen molar-refractivity contribution >= 4 is 11.9 Å². The van der Waals surface area contributed by atoms with Crippen LogP contribution in [0.4, 0.5) is 0 Å². The second-order valence-electron chi connectivity index (χ2n) is 9.70. The fraction of sp³-hybridized carbons (Fsp3) is 0.905. The summed E-state index contributed by atoms with van der Waals surface area (Å²) in [4.78, 5) is 24.8. The van der Waals surface area contributed by atoms with E-state index in [-0.39, 0.29) is 47.1 Å². The van der Waals surface area contributed by atoms with E-state index in [1.54, 1.807) is 0 Å². The van der Waals surface area contributed by atoms with Gasteiger partial charge in [0.25, 0.3) is 0 Å². The smallest absolute Gasteiger partial charge is 0.309 e. The van der Waals surface area contributed by atoms with Gasteiger partial charge in [-0.2, -0.15) is 0 Å². The van der Waals surface area contributed by atoms with Gasteiger partial charge in [-0.1, -0.05) is 13.8 Å². The molecule has 0 radical (unpaired) electrons. The molecule has 6 nitrogen and oxygen atoms in total. The van der Waals surface area contributed by atoms with Crippen LogP contribution in [-0.4, -0.2) is 48.4 Å². The van der Waals surface area contributed by atoms with Crippen molar-refractivity contribution in [3.05, 3.63) is 0 Å². The summed E-state index contributed by atoms with van der Waals surface area (Å²) in [6.07, 6.45) is 4.60. The molecule has 4 aliphatic rings. The van der Waals surface area contributed by atoms with Crippen molar-refractivity contribution in [3.63, 3.8) is 0 Å². The average Bonchev–Trinajstić information content (AvgIpc) is 3.44. The molecule has 2 aliphatic heterocycles. The number of nitrogens with one attached hydrogen (secondary N) is 1. The first-order valence-electron chi connectivity index (χ1n) is 10.5. The van der Waals surface area contributed by atoms with Gasteiger partial charge in [0.15, 0.2) is 0 Å². The second kappa shape index (κ2) is 6.73. The molecule has 0 aromatic carbocycles. The number of fused-ring (bicyclic) bond motifs is 2. The highest BCUT2D eigenvalue weighted by Gasteiger charge is 2.59. The molecule has 2 aliphatic carbocycles. The first-order valence-corrected chi connectivity index (χ1v) is 10.5. The SMILES string of the molecule is CC1CC2(C)OC2CC1C(=O)NCCCOC(=O)C1CC2OC2(C)CC1C. The molecule has 6 heteroatoms. The van der Waals surface area contributed by atoms with E-state index in [2.05, 4.69) is 33.0 Å². The Morgan fingerprint density at radius 1 is 1.00 bits per heavy atom. The predicted molar refractivity (Wildman–Crippen MR) is 98.9 cm³/mol. The molecular weight excluding hydrogens is 346 g/mol. The largest absolute Gasteiger partial charge is 0.465 e. The third-order valence-electron chi connectivity index (χ3n) is 7.34. The molecular formula is C21H33NO5. The summed E-state index contributed by atoms with van der Waals surface area (Å²) >= 11 is 0. The number of amides is 1. The van der Waals surface area contributed by atoms with E-state index < -0.39 is 0 Å². The van der Waals surface area contributed by atoms with Gasteiger partial charge >= 0.3 is 5.97 Å². The predicted octanol–water partition coefficient (Wildman–Crippen LogP) is 2.44. The molecule has 0 spiro atoms. The molecule has 2 saturated heterocycles. The van der Waals surface area contributed by atoms with Crippen LogP contribution in [0.3, 0.4) is 0 Å². The van der Waals surface area contributed by atoms with Gasteiger partial charge in [-0.3, -0.25) is 9.59 Å². The summed E-state index contributed by atoms with van der Waals surface area (Å²) in [5, 5.41) is 3.01. The average molecular weight is 379 g/mol. The summed E-state index contributed by atoms with van der Waals surface area (Å²) in [5.74, 6) is 0.605. The zero-order chi connectivity index (χ0) is 19.4. The third kappa shape index (κ3) is 3.75. The topological polar surface area (TPSA) is 80.5 Å². The van der Waals surface area contributed by atoms with E-state index in [9.17, 15) is 9.59 Å². The van der Waals surface area contributed by atoms with Crippen molar-refractivity contribution in [2.45, 2.75) is 83.2 Å². The summed E-state index contributed by atoms with van der Waals surface area (Å²) in [6, 6.07) is 0. The fourth-order valence-electron chi connectivity index (χ4n) is 5.41. The van der Waals surface area contributed by atoms with Crippen molar-refractivity contribution in [2.75, 3.05) is 13.2 Å². The van der Waals surface area contributed by atoms with E-state index in [0.717, 1.165) is 25.7 Å². The molecule has 152 valence electrons. The van der Waals surface area contributed by atoms with Crippen LogP contribution in [0.25, 0.3) is 0 Å².